The van der Waals surface area contributed by atoms with Crippen LogP contribution in [0.4, 0.5) is 0 Å². The Hall–Kier alpha value is 1.35. The van der Waals surface area contributed by atoms with E-state index in [1.807, 2.05) is 27.7 Å². The Balaban J connectivity index is -0.0000000625. The van der Waals surface area contributed by atoms with Gasteiger partial charge in [0.1, 0.15) is 0 Å². The summed E-state index contributed by atoms with van der Waals surface area (Å²) in [6, 6.07) is 0. The standard InChI is InChI=1S/2C4H8S2.2Ni/c2*1-3(5)4(2)6;;/h2*5-6H,1-2H3;;/q;;2*+2/p-4/b2*4-3+;;. The molecule has 0 saturated carbocycles. The van der Waals surface area contributed by atoms with Crippen molar-refractivity contribution < 1.29 is 33.0 Å². The van der Waals surface area contributed by atoms with E-state index in [2.05, 4.69) is 50.5 Å². The molecule has 14 heavy (non-hydrogen) atoms. The zero-order chi connectivity index (χ0) is 10.3. The van der Waals surface area contributed by atoms with Crippen LogP contribution in [-0.4, -0.2) is 0 Å². The second-order valence-electron chi connectivity index (χ2n) is 2.22. The summed E-state index contributed by atoms with van der Waals surface area (Å²) in [7, 11) is 0. The summed E-state index contributed by atoms with van der Waals surface area (Å²) in [6.45, 7) is 7.32. The molecule has 0 unspecified atom stereocenters. The van der Waals surface area contributed by atoms with Crippen LogP contribution in [0.5, 0.6) is 0 Å². The Bertz CT molecular complexity index is 142. The van der Waals surface area contributed by atoms with Gasteiger partial charge in [0.25, 0.3) is 0 Å². The first-order valence-electron chi connectivity index (χ1n) is 3.32. The summed E-state index contributed by atoms with van der Waals surface area (Å²) in [4.78, 5) is 3.30. The van der Waals surface area contributed by atoms with Gasteiger partial charge in [-0.15, -0.1) is 0 Å². The first kappa shape index (κ1) is 24.5. The van der Waals surface area contributed by atoms with E-state index < -0.39 is 0 Å². The Morgan fingerprint density at radius 1 is 0.500 bits per heavy atom. The van der Waals surface area contributed by atoms with Crippen molar-refractivity contribution in [3.05, 3.63) is 19.6 Å². The molecule has 0 aliphatic rings. The van der Waals surface area contributed by atoms with Gasteiger partial charge in [-0.2, -0.15) is 0 Å². The SMILES string of the molecule is C/C([S-])=C(/C)[S-].C/C([S-])=C(/C)[S-].[Ni+2].[Ni+2]. The molecule has 0 aromatic heterocycles. The predicted octanol–water partition coefficient (Wildman–Crippen LogP) is 2.66. The second kappa shape index (κ2) is 14.3. The van der Waals surface area contributed by atoms with Gasteiger partial charge in [0.15, 0.2) is 0 Å². The fourth-order valence-corrected chi connectivity index (χ4v) is 0. The normalized spacial score (nSPS) is 11.7. The molecule has 0 amide bonds. The average Bonchev–Trinajstić information content (AvgIpc) is 1.88. The molecule has 0 aromatic carbocycles. The molecule has 0 radical (unpaired) electrons. The maximum atomic E-state index is 4.68. The summed E-state index contributed by atoms with van der Waals surface area (Å²) < 4.78 is 0. The van der Waals surface area contributed by atoms with E-state index in [0.717, 1.165) is 19.6 Å². The topological polar surface area (TPSA) is 0 Å². The molecule has 0 spiro atoms. The van der Waals surface area contributed by atoms with Gasteiger partial charge in [-0.3, -0.25) is 0 Å². The van der Waals surface area contributed by atoms with Crippen molar-refractivity contribution >= 4 is 50.5 Å². The third-order valence-corrected chi connectivity index (χ3v) is 2.47. The average molecular weight is 354 g/mol. The Labute approximate surface area is 130 Å². The number of allylic oxidation sites excluding steroid dienone is 4. The summed E-state index contributed by atoms with van der Waals surface area (Å²) in [5.41, 5.74) is 0. The number of hydrogen-bond acceptors (Lipinski definition) is 4. The zero-order valence-corrected chi connectivity index (χ0v) is 13.5. The van der Waals surface area contributed by atoms with Gasteiger partial charge in [-0.25, -0.2) is 19.6 Å². The van der Waals surface area contributed by atoms with Crippen LogP contribution in [0.1, 0.15) is 27.7 Å². The Kier molecular flexibility index (Phi) is 25.1. The quantitative estimate of drug-likeness (QED) is 0.485. The third kappa shape index (κ3) is 23.3. The van der Waals surface area contributed by atoms with E-state index >= 15 is 0 Å². The minimum Gasteiger partial charge on any atom is -0.786 e. The molecule has 0 aliphatic carbocycles. The summed E-state index contributed by atoms with van der Waals surface area (Å²) in [5, 5.41) is 0. The maximum Gasteiger partial charge on any atom is 2.00 e. The van der Waals surface area contributed by atoms with E-state index in [-0.39, 0.29) is 33.0 Å². The zero-order valence-electron chi connectivity index (χ0n) is 8.27. The van der Waals surface area contributed by atoms with Crippen molar-refractivity contribution in [2.75, 3.05) is 0 Å². The van der Waals surface area contributed by atoms with Gasteiger partial charge in [0.05, 0.1) is 0 Å². The van der Waals surface area contributed by atoms with Crippen LogP contribution < -0.4 is 0 Å². The van der Waals surface area contributed by atoms with Crippen LogP contribution in [0, 0.1) is 0 Å². The molecule has 0 nitrogen and oxygen atoms in total. The predicted molar refractivity (Wildman–Crippen MR) is 66.2 cm³/mol. The molecule has 88 valence electrons. The molecule has 0 N–H and O–H groups in total. The first-order valence-corrected chi connectivity index (χ1v) is 4.95. The fourth-order valence-electron chi connectivity index (χ4n) is 0. The van der Waals surface area contributed by atoms with Crippen LogP contribution in [0.3, 0.4) is 0 Å². The molecular formula is C8H12Ni2S4. The molecule has 0 bridgehead atoms. The number of rotatable bonds is 0. The minimum absolute atomic E-state index is 0. The van der Waals surface area contributed by atoms with Crippen LogP contribution >= 0.6 is 0 Å². The largest absolute Gasteiger partial charge is 2.00 e. The van der Waals surface area contributed by atoms with E-state index in [1.54, 1.807) is 0 Å². The maximum absolute atomic E-state index is 4.68. The van der Waals surface area contributed by atoms with Gasteiger partial charge < -0.3 is 50.5 Å². The molecule has 0 rings (SSSR count). The van der Waals surface area contributed by atoms with Crippen LogP contribution in [-0.2, 0) is 83.5 Å². The van der Waals surface area contributed by atoms with Gasteiger partial charge >= 0.3 is 33.0 Å². The molecule has 0 atom stereocenters. The van der Waals surface area contributed by atoms with Crippen molar-refractivity contribution in [1.82, 2.24) is 0 Å². The van der Waals surface area contributed by atoms with E-state index in [0.29, 0.717) is 0 Å². The Morgan fingerprint density at radius 3 is 0.571 bits per heavy atom. The van der Waals surface area contributed by atoms with Gasteiger partial charge in [-0.05, 0) is 0 Å². The summed E-state index contributed by atoms with van der Waals surface area (Å²) >= 11 is 18.7. The van der Waals surface area contributed by atoms with Crippen molar-refractivity contribution in [1.29, 1.82) is 0 Å². The van der Waals surface area contributed by atoms with Crippen molar-refractivity contribution in [2.45, 2.75) is 27.7 Å². The molecular weight excluding hydrogens is 342 g/mol. The molecule has 0 heterocycles. The molecule has 0 saturated heterocycles. The van der Waals surface area contributed by atoms with E-state index in [4.69, 9.17) is 0 Å². The molecule has 0 aromatic rings. The van der Waals surface area contributed by atoms with Crippen LogP contribution in [0.15, 0.2) is 19.6 Å². The van der Waals surface area contributed by atoms with Crippen LogP contribution in [0.25, 0.3) is 0 Å². The fraction of sp³-hybridized carbons (Fsp3) is 0.500. The summed E-state index contributed by atoms with van der Waals surface area (Å²) in [6.07, 6.45) is 0. The molecule has 6 heteroatoms. The Morgan fingerprint density at radius 2 is 0.571 bits per heavy atom. The first-order chi connectivity index (χ1) is 5.29. The van der Waals surface area contributed by atoms with Crippen molar-refractivity contribution in [3.8, 4) is 0 Å². The summed E-state index contributed by atoms with van der Waals surface area (Å²) in [5.74, 6) is 0. The van der Waals surface area contributed by atoms with E-state index in [9.17, 15) is 0 Å². The van der Waals surface area contributed by atoms with Gasteiger partial charge in [-0.1, -0.05) is 27.7 Å². The van der Waals surface area contributed by atoms with Crippen LogP contribution in [0.2, 0.25) is 0 Å². The minimum atomic E-state index is 0. The second-order valence-corrected chi connectivity index (χ2v) is 4.67. The van der Waals surface area contributed by atoms with Gasteiger partial charge in [0.2, 0.25) is 0 Å². The van der Waals surface area contributed by atoms with Gasteiger partial charge in [0, 0.05) is 0 Å². The monoisotopic (exact) mass is 352 g/mol. The third-order valence-electron chi connectivity index (χ3n) is 0.992. The van der Waals surface area contributed by atoms with E-state index in [1.165, 1.54) is 0 Å². The molecule has 0 aliphatic heterocycles. The van der Waals surface area contributed by atoms with Crippen molar-refractivity contribution in [2.24, 2.45) is 0 Å². The number of hydrogen-bond donors (Lipinski definition) is 0. The molecule has 0 fully saturated rings. The smallest absolute Gasteiger partial charge is 0.786 e. The van der Waals surface area contributed by atoms with Crippen molar-refractivity contribution in [3.63, 3.8) is 0 Å².